The van der Waals surface area contributed by atoms with E-state index in [1.807, 2.05) is 6.07 Å². The average Bonchev–Trinajstić information content (AvgIpc) is 2.77. The van der Waals surface area contributed by atoms with Crippen LogP contribution >= 0.6 is 0 Å². The van der Waals surface area contributed by atoms with Crippen molar-refractivity contribution in [3.05, 3.63) is 54.2 Å². The highest BCUT2D eigenvalue weighted by Crippen LogP contribution is 2.30. The van der Waals surface area contributed by atoms with Crippen LogP contribution in [0.1, 0.15) is 10.4 Å². The number of carboxylic acid groups (broad SMARTS) is 1. The first-order valence-corrected chi connectivity index (χ1v) is 8.79. The molecule has 2 aromatic heterocycles. The fourth-order valence-corrected chi connectivity index (χ4v) is 2.58. The first-order chi connectivity index (χ1) is 14.5. The van der Waals surface area contributed by atoms with E-state index in [9.17, 15) is 9.59 Å². The summed E-state index contributed by atoms with van der Waals surface area (Å²) in [6, 6.07) is 11.8. The Morgan fingerprint density at radius 3 is 2.57 bits per heavy atom. The number of nitrogens with one attached hydrogen (secondary N) is 2. The van der Waals surface area contributed by atoms with Gasteiger partial charge in [-0.05, 0) is 30.3 Å². The first kappa shape index (κ1) is 20.5. The van der Waals surface area contributed by atoms with Crippen LogP contribution in [0.25, 0.3) is 11.4 Å². The Labute approximate surface area is 171 Å². The third-order valence-electron chi connectivity index (χ3n) is 3.93. The van der Waals surface area contributed by atoms with Crippen LogP contribution in [0.5, 0.6) is 5.75 Å². The van der Waals surface area contributed by atoms with Gasteiger partial charge in [-0.1, -0.05) is 6.07 Å². The van der Waals surface area contributed by atoms with Crippen molar-refractivity contribution in [3.63, 3.8) is 0 Å². The molecular weight excluding hydrogens is 390 g/mol. The molecule has 30 heavy (non-hydrogen) atoms. The summed E-state index contributed by atoms with van der Waals surface area (Å²) in [7, 11) is 2.79. The number of rotatable bonds is 8. The predicted molar refractivity (Wildman–Crippen MR) is 109 cm³/mol. The molecule has 0 radical (unpaired) electrons. The van der Waals surface area contributed by atoms with Crippen LogP contribution in [0.4, 0.5) is 17.5 Å². The number of hydrogen-bond acceptors (Lipinski definition) is 9. The van der Waals surface area contributed by atoms with Gasteiger partial charge < -0.3 is 25.2 Å². The number of benzene rings is 1. The van der Waals surface area contributed by atoms with Crippen LogP contribution < -0.4 is 15.4 Å². The zero-order valence-corrected chi connectivity index (χ0v) is 16.2. The van der Waals surface area contributed by atoms with E-state index in [-0.39, 0.29) is 12.5 Å². The largest absolute Gasteiger partial charge is 0.495 e. The smallest absolute Gasteiger partial charge is 0.337 e. The lowest BCUT2D eigenvalue weighted by Crippen LogP contribution is -2.15. The van der Waals surface area contributed by atoms with E-state index in [1.54, 1.807) is 42.6 Å². The Hall–Kier alpha value is -4.21. The molecule has 0 aliphatic rings. The lowest BCUT2D eigenvalue weighted by Gasteiger charge is -2.14. The number of esters is 1. The van der Waals surface area contributed by atoms with Gasteiger partial charge >= 0.3 is 11.9 Å². The lowest BCUT2D eigenvalue weighted by atomic mass is 10.2. The number of ether oxygens (including phenoxy) is 2. The summed E-state index contributed by atoms with van der Waals surface area (Å²) >= 11 is 0. The Bertz CT molecular complexity index is 1060. The number of hydrogen-bond donors (Lipinski definition) is 3. The maximum atomic E-state index is 11.9. The molecule has 0 saturated carbocycles. The van der Waals surface area contributed by atoms with Crippen molar-refractivity contribution < 1.29 is 24.2 Å². The van der Waals surface area contributed by atoms with E-state index in [4.69, 9.17) is 14.6 Å². The molecule has 0 atom stereocenters. The van der Waals surface area contributed by atoms with Gasteiger partial charge in [0.1, 0.15) is 18.1 Å². The van der Waals surface area contributed by atoms with Crippen molar-refractivity contribution in [2.75, 3.05) is 31.4 Å². The molecule has 2 heterocycles. The molecule has 3 aromatic rings. The highest BCUT2D eigenvalue weighted by Gasteiger charge is 2.14. The van der Waals surface area contributed by atoms with Gasteiger partial charge in [0.2, 0.25) is 5.95 Å². The molecule has 0 fully saturated rings. The number of nitrogens with zero attached hydrogens (tertiary/aromatic N) is 3. The van der Waals surface area contributed by atoms with Crippen LogP contribution in [0, 0.1) is 0 Å². The van der Waals surface area contributed by atoms with Crippen molar-refractivity contribution in [2.45, 2.75) is 0 Å². The van der Waals surface area contributed by atoms with Gasteiger partial charge in [-0.3, -0.25) is 9.78 Å². The van der Waals surface area contributed by atoms with Crippen LogP contribution in [0.3, 0.4) is 0 Å². The fraction of sp³-hybridized carbons (Fsp3) is 0.150. The van der Waals surface area contributed by atoms with Crippen LogP contribution in [0.15, 0.2) is 48.7 Å². The Balaban J connectivity index is 2.01. The second kappa shape index (κ2) is 9.32. The van der Waals surface area contributed by atoms with Crippen molar-refractivity contribution in [1.29, 1.82) is 0 Å². The van der Waals surface area contributed by atoms with Crippen molar-refractivity contribution >= 4 is 29.4 Å². The third kappa shape index (κ3) is 4.98. The monoisotopic (exact) mass is 409 g/mol. The van der Waals surface area contributed by atoms with E-state index in [0.29, 0.717) is 34.2 Å². The quantitative estimate of drug-likeness (QED) is 0.476. The molecule has 10 nitrogen and oxygen atoms in total. The molecule has 0 aliphatic carbocycles. The molecule has 1 aromatic carbocycles. The summed E-state index contributed by atoms with van der Waals surface area (Å²) in [6.45, 7) is -0.355. The number of carbonyl (C=O) groups excluding carboxylic acids is 1. The second-order valence-corrected chi connectivity index (χ2v) is 5.96. The van der Waals surface area contributed by atoms with E-state index in [0.717, 1.165) is 0 Å². The molecule has 0 unspecified atom stereocenters. The van der Waals surface area contributed by atoms with E-state index < -0.39 is 11.9 Å². The Kier molecular flexibility index (Phi) is 6.38. The predicted octanol–water partition coefficient (Wildman–Crippen LogP) is 2.57. The van der Waals surface area contributed by atoms with E-state index >= 15 is 0 Å². The number of pyridine rings is 1. The SMILES string of the molecule is COC(=O)c1ccc(OC)c(Nc2cc(-c3ccccn3)nc(NCC(=O)O)n2)c1. The number of anilines is 3. The summed E-state index contributed by atoms with van der Waals surface area (Å²) in [5.74, 6) is -0.629. The summed E-state index contributed by atoms with van der Waals surface area (Å²) in [5.41, 5.74) is 1.85. The van der Waals surface area contributed by atoms with E-state index in [2.05, 4.69) is 25.6 Å². The number of carbonyl (C=O) groups is 2. The summed E-state index contributed by atoms with van der Waals surface area (Å²) in [5, 5.41) is 14.7. The highest BCUT2D eigenvalue weighted by molar-refractivity contribution is 5.91. The van der Waals surface area contributed by atoms with Gasteiger partial charge in [0, 0.05) is 12.3 Å². The molecule has 3 N–H and O–H groups in total. The molecule has 10 heteroatoms. The molecular formula is C20H19N5O5. The van der Waals surface area contributed by atoms with Crippen LogP contribution in [-0.2, 0) is 9.53 Å². The Morgan fingerprint density at radius 2 is 1.90 bits per heavy atom. The minimum absolute atomic E-state index is 0.103. The van der Waals surface area contributed by atoms with Crippen LogP contribution in [-0.4, -0.2) is 52.8 Å². The second-order valence-electron chi connectivity index (χ2n) is 5.96. The van der Waals surface area contributed by atoms with Crippen molar-refractivity contribution in [1.82, 2.24) is 15.0 Å². The fourth-order valence-electron chi connectivity index (χ4n) is 2.58. The number of carboxylic acids is 1. The Morgan fingerprint density at radius 1 is 1.07 bits per heavy atom. The summed E-state index contributed by atoms with van der Waals surface area (Å²) < 4.78 is 10.1. The molecule has 0 amide bonds. The molecule has 154 valence electrons. The standard InChI is InChI=1S/C20H19N5O5/c1-29-16-7-6-12(19(28)30-2)9-15(16)23-17-10-14(13-5-3-4-8-21-13)24-20(25-17)22-11-18(26)27/h3-10H,11H2,1-2H3,(H,26,27)(H2,22,23,24,25). The molecule has 0 spiro atoms. The summed E-state index contributed by atoms with van der Waals surface area (Å²) in [6.07, 6.45) is 1.62. The van der Waals surface area contributed by atoms with Crippen molar-refractivity contribution in [2.24, 2.45) is 0 Å². The topological polar surface area (TPSA) is 136 Å². The zero-order chi connectivity index (χ0) is 21.5. The van der Waals surface area contributed by atoms with Crippen LogP contribution in [0.2, 0.25) is 0 Å². The third-order valence-corrected chi connectivity index (χ3v) is 3.93. The molecule has 3 rings (SSSR count). The lowest BCUT2D eigenvalue weighted by molar-refractivity contribution is -0.134. The van der Waals surface area contributed by atoms with Gasteiger partial charge in [-0.2, -0.15) is 4.98 Å². The van der Waals surface area contributed by atoms with Crippen molar-refractivity contribution in [3.8, 4) is 17.1 Å². The van der Waals surface area contributed by atoms with E-state index in [1.165, 1.54) is 14.2 Å². The number of aliphatic carboxylic acids is 1. The normalized spacial score (nSPS) is 10.2. The highest BCUT2D eigenvalue weighted by atomic mass is 16.5. The van der Waals surface area contributed by atoms with Gasteiger partial charge in [-0.15, -0.1) is 0 Å². The van der Waals surface area contributed by atoms with Gasteiger partial charge in [0.05, 0.1) is 36.9 Å². The zero-order valence-electron chi connectivity index (χ0n) is 16.2. The van der Waals surface area contributed by atoms with Gasteiger partial charge in [0.25, 0.3) is 0 Å². The number of aromatic nitrogens is 3. The minimum Gasteiger partial charge on any atom is -0.495 e. The van der Waals surface area contributed by atoms with Gasteiger partial charge in [0.15, 0.2) is 0 Å². The molecule has 0 aliphatic heterocycles. The molecule has 0 saturated heterocycles. The number of methoxy groups -OCH3 is 2. The maximum absolute atomic E-state index is 11.9. The average molecular weight is 409 g/mol. The van der Waals surface area contributed by atoms with Gasteiger partial charge in [-0.25, -0.2) is 9.78 Å². The maximum Gasteiger partial charge on any atom is 0.337 e. The first-order valence-electron chi connectivity index (χ1n) is 8.79. The molecule has 0 bridgehead atoms. The summed E-state index contributed by atoms with van der Waals surface area (Å²) in [4.78, 5) is 35.7. The minimum atomic E-state index is -1.05.